The molecule has 1 N–H and O–H groups in total. The second kappa shape index (κ2) is 16.7. The van der Waals surface area contributed by atoms with Crippen LogP contribution < -0.4 is 0 Å². The van der Waals surface area contributed by atoms with Gasteiger partial charge in [-0.15, -0.1) is 71.8 Å². The summed E-state index contributed by atoms with van der Waals surface area (Å²) in [5, 5.41) is 2.34. The minimum absolute atomic E-state index is 0. The summed E-state index contributed by atoms with van der Waals surface area (Å²) in [7, 11) is -10.7. The van der Waals surface area contributed by atoms with Gasteiger partial charge in [-0.05, 0) is 58.6 Å². The molecule has 5 nitrogen and oxygen atoms in total. The second-order valence-corrected chi connectivity index (χ2v) is 13.5. The number of hydrogen-bond acceptors (Lipinski definition) is 4. The predicted molar refractivity (Wildman–Crippen MR) is 205 cm³/mol. The van der Waals surface area contributed by atoms with Crippen molar-refractivity contribution in [3.8, 4) is 34.0 Å². The quantitative estimate of drug-likeness (QED) is 0.109. The Kier molecular flexibility index (Phi) is 12.3. The molecule has 55 heavy (non-hydrogen) atoms. The maximum atomic E-state index is 9.87. The number of hydrogen-bond donors (Lipinski definition) is 1. The molecule has 4 aromatic heterocycles. The van der Waals surface area contributed by atoms with E-state index >= 15 is 0 Å². The van der Waals surface area contributed by atoms with E-state index in [1.165, 1.54) is 10.8 Å². The molecule has 13 heteroatoms. The zero-order chi connectivity index (χ0) is 38.1. The molecule has 0 spiro atoms. The number of rotatable bonds is 3. The van der Waals surface area contributed by atoms with Crippen molar-refractivity contribution in [3.63, 3.8) is 0 Å². The van der Waals surface area contributed by atoms with Gasteiger partial charge in [0.15, 0.2) is 5.82 Å². The van der Waals surface area contributed by atoms with Crippen LogP contribution in [0, 0.1) is 12.1 Å². The molecule has 0 saturated heterocycles. The molecule has 5 aromatic carbocycles. The molecule has 278 valence electrons. The number of H-pyrrole nitrogens is 1. The van der Waals surface area contributed by atoms with Gasteiger partial charge in [0.2, 0.25) is 0 Å². The Bertz CT molecular complexity index is 2450. The summed E-state index contributed by atoms with van der Waals surface area (Å²) in [5.41, 5.74) is 8.94. The molecule has 0 atom stereocenters. The maximum Gasteiger partial charge on any atom is 3.00 e. The van der Waals surface area contributed by atoms with Gasteiger partial charge in [0.25, 0.3) is 0 Å². The van der Waals surface area contributed by atoms with Gasteiger partial charge in [-0.25, -0.2) is 4.98 Å². The van der Waals surface area contributed by atoms with E-state index in [9.17, 15) is 25.2 Å². The standard InChI is InChI=1S/2C15H10N.C12H9N3.F6P.Ir/c2*1-2-6-12(7-3-1)15-11-10-13-8-4-5-9-14(13)16-15;1-2-6-10-9(5-1)14-12(15-10)11-7-3-4-8-13-11;1-7(2,3,4,5)6;/h2*1-6,8-11H;1-8H,(H,14,15);;/q2*-1;;-1;+3. The number of imidazole rings is 1. The number of fused-ring (bicyclic) bond motifs is 3. The van der Waals surface area contributed by atoms with Crippen LogP contribution in [0.1, 0.15) is 0 Å². The molecule has 0 saturated carbocycles. The summed E-state index contributed by atoms with van der Waals surface area (Å²) in [6, 6.07) is 60.5. The number of nitrogens with one attached hydrogen (secondary N) is 1. The second-order valence-electron chi connectivity index (χ2n) is 11.6. The zero-order valence-corrected chi connectivity index (χ0v) is 31.8. The summed E-state index contributed by atoms with van der Waals surface area (Å²) >= 11 is 0. The molecule has 0 aliphatic heterocycles. The van der Waals surface area contributed by atoms with E-state index in [0.717, 1.165) is 56.1 Å². The van der Waals surface area contributed by atoms with Crippen molar-refractivity contribution in [1.82, 2.24) is 24.9 Å². The first-order chi connectivity index (χ1) is 25.7. The van der Waals surface area contributed by atoms with E-state index < -0.39 is 7.81 Å². The van der Waals surface area contributed by atoms with Crippen molar-refractivity contribution in [2.45, 2.75) is 0 Å². The van der Waals surface area contributed by atoms with Gasteiger partial charge < -0.3 is 4.98 Å². The topological polar surface area (TPSA) is 67.3 Å². The Hall–Kier alpha value is -5.80. The molecule has 4 heterocycles. The fraction of sp³-hybridized carbons (Fsp3) is 0. The number of aromatic nitrogens is 5. The molecular formula is C42H29F6IrN5P. The van der Waals surface area contributed by atoms with Gasteiger partial charge in [0.05, 0.1) is 22.1 Å². The van der Waals surface area contributed by atoms with Crippen molar-refractivity contribution >= 4 is 40.6 Å². The van der Waals surface area contributed by atoms with Crippen molar-refractivity contribution < 1.29 is 45.3 Å². The van der Waals surface area contributed by atoms with Crippen molar-refractivity contribution in [2.24, 2.45) is 0 Å². The normalized spacial score (nSPS) is 12.0. The van der Waals surface area contributed by atoms with Crippen LogP contribution in [0.25, 0.3) is 66.9 Å². The molecule has 9 aromatic rings. The van der Waals surface area contributed by atoms with Crippen LogP contribution in [0.5, 0.6) is 0 Å². The number of nitrogens with zero attached hydrogens (tertiary/aromatic N) is 4. The number of aromatic amines is 1. The molecule has 0 aliphatic carbocycles. The fourth-order valence-corrected chi connectivity index (χ4v) is 5.11. The van der Waals surface area contributed by atoms with E-state index in [4.69, 9.17) is 0 Å². The van der Waals surface area contributed by atoms with Crippen LogP contribution in [0.2, 0.25) is 0 Å². The van der Waals surface area contributed by atoms with Gasteiger partial charge in [-0.2, -0.15) is 0 Å². The molecule has 0 radical (unpaired) electrons. The van der Waals surface area contributed by atoms with Gasteiger partial charge in [-0.3, -0.25) is 15.0 Å². The molecule has 0 amide bonds. The number of halogens is 6. The van der Waals surface area contributed by atoms with Crippen LogP contribution in [-0.2, 0) is 20.1 Å². The zero-order valence-electron chi connectivity index (χ0n) is 28.5. The summed E-state index contributed by atoms with van der Waals surface area (Å²) < 4.78 is 59.2. The van der Waals surface area contributed by atoms with Gasteiger partial charge in [-0.1, -0.05) is 78.9 Å². The Morgan fingerprint density at radius 2 is 0.891 bits per heavy atom. The molecular weight excluding hydrogens is 912 g/mol. The largest absolute Gasteiger partial charge is 3.00 e. The van der Waals surface area contributed by atoms with Crippen LogP contribution in [-0.4, -0.2) is 24.9 Å². The maximum absolute atomic E-state index is 10.7. The third kappa shape index (κ3) is 12.9. The molecule has 0 bridgehead atoms. The predicted octanol–water partition coefficient (Wildman–Crippen LogP) is 13.4. The van der Waals surface area contributed by atoms with Gasteiger partial charge in [0.1, 0.15) is 5.69 Å². The van der Waals surface area contributed by atoms with Crippen LogP contribution in [0.3, 0.4) is 0 Å². The minimum atomic E-state index is -10.7. The third-order valence-corrected chi connectivity index (χ3v) is 7.46. The first-order valence-electron chi connectivity index (χ1n) is 16.3. The Labute approximate surface area is 325 Å². The van der Waals surface area contributed by atoms with E-state index in [2.05, 4.69) is 61.3 Å². The van der Waals surface area contributed by atoms with Crippen molar-refractivity contribution in [3.05, 3.63) is 182 Å². The first-order valence-corrected chi connectivity index (χ1v) is 18.4. The Balaban J connectivity index is 0.000000145. The number of para-hydroxylation sites is 4. The Morgan fingerprint density at radius 3 is 1.35 bits per heavy atom. The SMILES string of the molecule is F[P-](F)(F)(F)(F)F.[Ir+3].[c-]1ccccc1-c1ccc2ccccc2n1.[c-]1ccccc1-c1ccc2ccccc2n1.c1ccc(-c2nc3ccccc3[nH]2)nc1. The molecule has 9 rings (SSSR count). The molecule has 0 aliphatic rings. The van der Waals surface area contributed by atoms with E-state index in [-0.39, 0.29) is 20.1 Å². The summed E-state index contributed by atoms with van der Waals surface area (Å²) in [5.74, 6) is 0.816. The van der Waals surface area contributed by atoms with Gasteiger partial charge >= 0.3 is 53.1 Å². The smallest absolute Gasteiger partial charge is 0.337 e. The minimum Gasteiger partial charge on any atom is -0.337 e. The summed E-state index contributed by atoms with van der Waals surface area (Å²) in [6.45, 7) is 0. The summed E-state index contributed by atoms with van der Waals surface area (Å²) in [6.07, 6.45) is 1.77. The number of pyridine rings is 3. The van der Waals surface area contributed by atoms with Crippen molar-refractivity contribution in [2.75, 3.05) is 0 Å². The monoisotopic (exact) mass is 941 g/mol. The van der Waals surface area contributed by atoms with Crippen molar-refractivity contribution in [1.29, 1.82) is 0 Å². The third-order valence-electron chi connectivity index (χ3n) is 7.46. The van der Waals surface area contributed by atoms with Gasteiger partial charge in [0, 0.05) is 6.20 Å². The molecule has 0 fully saturated rings. The van der Waals surface area contributed by atoms with E-state index in [0.29, 0.717) is 0 Å². The number of benzene rings is 5. The fourth-order valence-electron chi connectivity index (χ4n) is 5.11. The van der Waals surface area contributed by atoms with E-state index in [1.807, 2.05) is 140 Å². The first kappa shape index (κ1) is 40.4. The summed E-state index contributed by atoms with van der Waals surface area (Å²) in [4.78, 5) is 21.2. The average molecular weight is 941 g/mol. The average Bonchev–Trinajstić information content (AvgIpc) is 3.63. The van der Waals surface area contributed by atoms with E-state index in [1.54, 1.807) is 6.20 Å². The molecule has 0 unspecified atom stereocenters. The van der Waals surface area contributed by atoms with Crippen LogP contribution in [0.15, 0.2) is 170 Å². The van der Waals surface area contributed by atoms with Crippen LogP contribution in [0.4, 0.5) is 25.2 Å². The Morgan fingerprint density at radius 1 is 0.436 bits per heavy atom. The van der Waals surface area contributed by atoms with Crippen LogP contribution >= 0.6 is 7.81 Å².